The zero-order chi connectivity index (χ0) is 11.4. The molecule has 0 unspecified atom stereocenters. The summed E-state index contributed by atoms with van der Waals surface area (Å²) in [5.74, 6) is 0.554. The Morgan fingerprint density at radius 2 is 2.25 bits per heavy atom. The normalized spacial score (nSPS) is 10.9. The highest BCUT2D eigenvalue weighted by Crippen LogP contribution is 2.18. The Morgan fingerprint density at radius 3 is 3.06 bits per heavy atom. The third-order valence-electron chi connectivity index (χ3n) is 2.30. The summed E-state index contributed by atoms with van der Waals surface area (Å²) < 4.78 is 0. The van der Waals surface area contributed by atoms with Gasteiger partial charge in [-0.2, -0.15) is 9.97 Å². The van der Waals surface area contributed by atoms with Crippen LogP contribution in [0.15, 0.2) is 6.33 Å². The van der Waals surface area contributed by atoms with Crippen molar-refractivity contribution in [1.82, 2.24) is 19.9 Å². The van der Waals surface area contributed by atoms with Gasteiger partial charge in [0.25, 0.3) is 0 Å². The molecular formula is C10H14ClN5. The summed E-state index contributed by atoms with van der Waals surface area (Å²) in [6, 6.07) is 0. The number of imidazole rings is 1. The van der Waals surface area contributed by atoms with Crippen LogP contribution in [-0.2, 0) is 0 Å². The SMILES string of the molecule is CCCCCNc1nc(Cl)c2nc[nH]c2n1. The summed E-state index contributed by atoms with van der Waals surface area (Å²) in [7, 11) is 0. The first kappa shape index (κ1) is 11.1. The van der Waals surface area contributed by atoms with Crippen LogP contribution in [0.1, 0.15) is 26.2 Å². The van der Waals surface area contributed by atoms with Gasteiger partial charge >= 0.3 is 0 Å². The van der Waals surface area contributed by atoms with Gasteiger partial charge in [-0.1, -0.05) is 31.4 Å². The maximum atomic E-state index is 5.97. The Hall–Kier alpha value is -1.36. The van der Waals surface area contributed by atoms with Crippen LogP contribution < -0.4 is 5.32 Å². The topological polar surface area (TPSA) is 66.5 Å². The first-order valence-electron chi connectivity index (χ1n) is 5.41. The molecule has 0 saturated heterocycles. The van der Waals surface area contributed by atoms with Crippen LogP contribution in [0, 0.1) is 0 Å². The second-order valence-corrected chi connectivity index (χ2v) is 3.93. The summed E-state index contributed by atoms with van der Waals surface area (Å²) in [5, 5.41) is 3.53. The molecule has 2 aromatic heterocycles. The average Bonchev–Trinajstić information content (AvgIpc) is 2.73. The van der Waals surface area contributed by atoms with Gasteiger partial charge in [-0.05, 0) is 6.42 Å². The molecule has 0 bridgehead atoms. The van der Waals surface area contributed by atoms with Crippen molar-refractivity contribution in [3.63, 3.8) is 0 Å². The molecule has 2 rings (SSSR count). The van der Waals surface area contributed by atoms with E-state index in [0.29, 0.717) is 22.3 Å². The van der Waals surface area contributed by atoms with Gasteiger partial charge in [0.2, 0.25) is 5.95 Å². The monoisotopic (exact) mass is 239 g/mol. The van der Waals surface area contributed by atoms with Crippen LogP contribution in [0.5, 0.6) is 0 Å². The van der Waals surface area contributed by atoms with Crippen LogP contribution in [0.2, 0.25) is 5.15 Å². The van der Waals surface area contributed by atoms with Crippen molar-refractivity contribution in [3.05, 3.63) is 11.5 Å². The van der Waals surface area contributed by atoms with Gasteiger partial charge in [-0.3, -0.25) is 0 Å². The number of aromatic nitrogens is 4. The molecule has 16 heavy (non-hydrogen) atoms. The number of hydrogen-bond acceptors (Lipinski definition) is 4. The molecule has 5 nitrogen and oxygen atoms in total. The second-order valence-electron chi connectivity index (χ2n) is 3.57. The highest BCUT2D eigenvalue weighted by atomic mass is 35.5. The fourth-order valence-electron chi connectivity index (χ4n) is 1.45. The van der Waals surface area contributed by atoms with Crippen molar-refractivity contribution in [2.45, 2.75) is 26.2 Å². The van der Waals surface area contributed by atoms with Crippen LogP contribution in [0.3, 0.4) is 0 Å². The third kappa shape index (κ3) is 2.41. The number of hydrogen-bond donors (Lipinski definition) is 2. The minimum absolute atomic E-state index is 0.379. The minimum Gasteiger partial charge on any atom is -0.354 e. The first-order valence-corrected chi connectivity index (χ1v) is 5.79. The molecule has 0 amide bonds. The molecule has 0 saturated carbocycles. The van der Waals surface area contributed by atoms with Crippen molar-refractivity contribution < 1.29 is 0 Å². The molecule has 0 aliphatic rings. The van der Waals surface area contributed by atoms with Gasteiger partial charge in [0.1, 0.15) is 5.52 Å². The zero-order valence-corrected chi connectivity index (χ0v) is 9.88. The highest BCUT2D eigenvalue weighted by Gasteiger charge is 2.07. The summed E-state index contributed by atoms with van der Waals surface area (Å²) in [6.07, 6.45) is 5.07. The van der Waals surface area contributed by atoms with Gasteiger partial charge in [0, 0.05) is 6.54 Å². The molecule has 0 fully saturated rings. The second kappa shape index (κ2) is 5.12. The highest BCUT2D eigenvalue weighted by molar-refractivity contribution is 6.33. The van der Waals surface area contributed by atoms with Gasteiger partial charge in [-0.25, -0.2) is 4.98 Å². The summed E-state index contributed by atoms with van der Waals surface area (Å²) >= 11 is 5.97. The van der Waals surface area contributed by atoms with Crippen molar-refractivity contribution in [1.29, 1.82) is 0 Å². The predicted molar refractivity (Wildman–Crippen MR) is 64.7 cm³/mol. The average molecular weight is 240 g/mol. The molecule has 6 heteroatoms. The fraction of sp³-hybridized carbons (Fsp3) is 0.500. The van der Waals surface area contributed by atoms with Crippen LogP contribution in [0.25, 0.3) is 11.2 Å². The molecule has 2 heterocycles. The van der Waals surface area contributed by atoms with Crippen LogP contribution in [0.4, 0.5) is 5.95 Å². The predicted octanol–water partition coefficient (Wildman–Crippen LogP) is 2.61. The quantitative estimate of drug-likeness (QED) is 0.622. The lowest BCUT2D eigenvalue weighted by atomic mass is 10.2. The minimum atomic E-state index is 0.379. The maximum absolute atomic E-state index is 5.97. The van der Waals surface area contributed by atoms with E-state index in [4.69, 9.17) is 11.6 Å². The van der Waals surface area contributed by atoms with Gasteiger partial charge in [0.15, 0.2) is 10.8 Å². The zero-order valence-electron chi connectivity index (χ0n) is 9.13. The summed E-state index contributed by atoms with van der Waals surface area (Å²) in [4.78, 5) is 15.3. The Balaban J connectivity index is 2.06. The van der Waals surface area contributed by atoms with Gasteiger partial charge in [-0.15, -0.1) is 0 Å². The Bertz CT molecular complexity index is 467. The van der Waals surface area contributed by atoms with E-state index in [0.717, 1.165) is 13.0 Å². The van der Waals surface area contributed by atoms with Gasteiger partial charge in [0.05, 0.1) is 6.33 Å². The van der Waals surface area contributed by atoms with E-state index in [1.54, 1.807) is 6.33 Å². The number of nitrogens with one attached hydrogen (secondary N) is 2. The Labute approximate surface area is 98.7 Å². The van der Waals surface area contributed by atoms with Crippen molar-refractivity contribution in [2.75, 3.05) is 11.9 Å². The largest absolute Gasteiger partial charge is 0.354 e. The molecule has 0 radical (unpaired) electrons. The van der Waals surface area contributed by atoms with Crippen LogP contribution in [-0.4, -0.2) is 26.5 Å². The molecular weight excluding hydrogens is 226 g/mol. The number of aromatic amines is 1. The number of H-pyrrole nitrogens is 1. The fourth-order valence-corrected chi connectivity index (χ4v) is 1.67. The Kier molecular flexibility index (Phi) is 3.56. The molecule has 2 N–H and O–H groups in total. The first-order chi connectivity index (χ1) is 7.81. The van der Waals surface area contributed by atoms with E-state index in [9.17, 15) is 0 Å². The smallest absolute Gasteiger partial charge is 0.226 e. The maximum Gasteiger partial charge on any atom is 0.226 e. The molecule has 86 valence electrons. The number of anilines is 1. The standard InChI is InChI=1S/C10H14ClN5/c1-2-3-4-5-12-10-15-8(11)7-9(16-10)14-6-13-7/h6H,2-5H2,1H3,(H2,12,13,14,15,16). The van der Waals surface area contributed by atoms with E-state index in [1.165, 1.54) is 12.8 Å². The van der Waals surface area contributed by atoms with E-state index < -0.39 is 0 Å². The molecule has 0 aliphatic heterocycles. The number of nitrogens with zero attached hydrogens (tertiary/aromatic N) is 3. The van der Waals surface area contributed by atoms with E-state index >= 15 is 0 Å². The van der Waals surface area contributed by atoms with E-state index in [-0.39, 0.29) is 0 Å². The summed E-state index contributed by atoms with van der Waals surface area (Å²) in [6.45, 7) is 3.04. The number of unbranched alkanes of at least 4 members (excludes halogenated alkanes) is 2. The number of rotatable bonds is 5. The van der Waals surface area contributed by atoms with E-state index in [1.807, 2.05) is 0 Å². The Morgan fingerprint density at radius 1 is 1.38 bits per heavy atom. The van der Waals surface area contributed by atoms with Crippen LogP contribution >= 0.6 is 11.6 Å². The molecule has 0 atom stereocenters. The van der Waals surface area contributed by atoms with Crippen molar-refractivity contribution >= 4 is 28.7 Å². The molecule has 0 aliphatic carbocycles. The lowest BCUT2D eigenvalue weighted by Crippen LogP contribution is -2.05. The lowest BCUT2D eigenvalue weighted by Gasteiger charge is -2.04. The van der Waals surface area contributed by atoms with E-state index in [2.05, 4.69) is 32.2 Å². The molecule has 2 aromatic rings. The third-order valence-corrected chi connectivity index (χ3v) is 2.56. The van der Waals surface area contributed by atoms with Crippen molar-refractivity contribution in [3.8, 4) is 0 Å². The van der Waals surface area contributed by atoms with Gasteiger partial charge < -0.3 is 10.3 Å². The summed E-state index contributed by atoms with van der Waals surface area (Å²) in [5.41, 5.74) is 1.28. The molecule has 0 spiro atoms. The number of halogens is 1. The lowest BCUT2D eigenvalue weighted by molar-refractivity contribution is 0.741. The molecule has 0 aromatic carbocycles. The number of fused-ring (bicyclic) bond motifs is 1. The van der Waals surface area contributed by atoms with Crippen molar-refractivity contribution in [2.24, 2.45) is 0 Å².